The van der Waals surface area contributed by atoms with Gasteiger partial charge in [0.2, 0.25) is 0 Å². The van der Waals surface area contributed by atoms with Gasteiger partial charge in [-0.15, -0.1) is 0 Å². The van der Waals surface area contributed by atoms with E-state index in [1.807, 2.05) is 6.07 Å². The standard InChI is InChI=1S/C19H14N4O4/c20-8-10-1-2-11(14(7-10)23(26)27)9-21-22-17(24)15-12-3-4-13(16(15)18(22)25)19(12)5-6-19/h1-4,7,9,12-13,15-16H,5-6H2/b21-9-/t12-,13+,15+,16-. The number of nitrogens with zero attached hydrogens (tertiary/aromatic N) is 4. The van der Waals surface area contributed by atoms with Crippen molar-refractivity contribution in [2.75, 3.05) is 0 Å². The van der Waals surface area contributed by atoms with E-state index >= 15 is 0 Å². The van der Waals surface area contributed by atoms with Crippen molar-refractivity contribution in [2.45, 2.75) is 12.8 Å². The summed E-state index contributed by atoms with van der Waals surface area (Å²) in [6, 6.07) is 5.80. The van der Waals surface area contributed by atoms with Gasteiger partial charge in [-0.05, 0) is 42.2 Å². The molecule has 2 saturated carbocycles. The third-order valence-electron chi connectivity index (χ3n) is 6.50. The molecule has 3 aliphatic carbocycles. The van der Waals surface area contributed by atoms with Crippen molar-refractivity contribution >= 4 is 23.7 Å². The highest BCUT2D eigenvalue weighted by molar-refractivity contribution is 6.07. The molecule has 8 nitrogen and oxygen atoms in total. The number of amides is 2. The summed E-state index contributed by atoms with van der Waals surface area (Å²) in [4.78, 5) is 36.3. The first-order valence-electron chi connectivity index (χ1n) is 8.76. The lowest BCUT2D eigenvalue weighted by atomic mass is 9.85. The van der Waals surface area contributed by atoms with Gasteiger partial charge in [-0.3, -0.25) is 19.7 Å². The molecule has 3 fully saturated rings. The molecule has 27 heavy (non-hydrogen) atoms. The van der Waals surface area contributed by atoms with E-state index in [1.54, 1.807) is 0 Å². The van der Waals surface area contributed by atoms with Gasteiger partial charge < -0.3 is 0 Å². The number of carbonyl (C=O) groups excluding carboxylic acids is 2. The van der Waals surface area contributed by atoms with Crippen LogP contribution in [-0.4, -0.2) is 28.0 Å². The lowest BCUT2D eigenvalue weighted by Gasteiger charge is -2.18. The average Bonchev–Trinajstić information content (AvgIpc) is 3.26. The number of fused-ring (bicyclic) bond motifs is 3. The zero-order chi connectivity index (χ0) is 18.9. The second-order valence-corrected chi connectivity index (χ2v) is 7.60. The van der Waals surface area contributed by atoms with E-state index in [2.05, 4.69) is 17.3 Å². The van der Waals surface area contributed by atoms with E-state index in [0.29, 0.717) is 0 Å². The summed E-state index contributed by atoms with van der Waals surface area (Å²) in [6.45, 7) is 0. The minimum atomic E-state index is -0.619. The van der Waals surface area contributed by atoms with Crippen LogP contribution in [0.15, 0.2) is 35.5 Å². The van der Waals surface area contributed by atoms with Crippen molar-refractivity contribution in [1.82, 2.24) is 5.01 Å². The molecule has 1 heterocycles. The highest BCUT2D eigenvalue weighted by atomic mass is 16.6. The number of allylic oxidation sites excluding steroid dienone is 2. The van der Waals surface area contributed by atoms with E-state index < -0.39 is 4.92 Å². The fraction of sp³-hybridized carbons (Fsp3) is 0.368. The predicted octanol–water partition coefficient (Wildman–Crippen LogP) is 2.00. The Balaban J connectivity index is 1.45. The van der Waals surface area contributed by atoms with Gasteiger partial charge >= 0.3 is 0 Å². The van der Waals surface area contributed by atoms with Gasteiger partial charge in [0, 0.05) is 6.07 Å². The van der Waals surface area contributed by atoms with Crippen molar-refractivity contribution in [3.8, 4) is 6.07 Å². The highest BCUT2D eigenvalue weighted by Crippen LogP contribution is 2.73. The molecule has 4 atom stereocenters. The Morgan fingerprint density at radius 1 is 1.22 bits per heavy atom. The molecule has 8 heteroatoms. The fourth-order valence-corrected chi connectivity index (χ4v) is 5.18. The molecule has 0 radical (unpaired) electrons. The van der Waals surface area contributed by atoms with Gasteiger partial charge in [0.15, 0.2) is 0 Å². The van der Waals surface area contributed by atoms with Crippen LogP contribution in [0.5, 0.6) is 0 Å². The maximum Gasteiger partial charge on any atom is 0.279 e. The summed E-state index contributed by atoms with van der Waals surface area (Å²) in [7, 11) is 0. The number of nitro groups is 1. The SMILES string of the molecule is N#Cc1ccc(/C=N\N2C(=O)[C@@H]3[C@H](C2=O)[C@@H]2C=C[C@H]3C23CC3)c([N+](=O)[O-])c1. The highest BCUT2D eigenvalue weighted by Gasteiger charge is 2.73. The Morgan fingerprint density at radius 2 is 1.85 bits per heavy atom. The van der Waals surface area contributed by atoms with Gasteiger partial charge in [0.1, 0.15) is 0 Å². The summed E-state index contributed by atoms with van der Waals surface area (Å²) in [6.07, 6.45) is 7.41. The second kappa shape index (κ2) is 5.10. The Morgan fingerprint density at radius 3 is 2.37 bits per heavy atom. The van der Waals surface area contributed by atoms with E-state index in [1.165, 1.54) is 12.1 Å². The zero-order valence-corrected chi connectivity index (χ0v) is 14.1. The third kappa shape index (κ3) is 1.94. The third-order valence-corrected chi connectivity index (χ3v) is 6.50. The van der Waals surface area contributed by atoms with Crippen LogP contribution < -0.4 is 0 Å². The molecule has 1 spiro atoms. The van der Waals surface area contributed by atoms with E-state index in [0.717, 1.165) is 30.1 Å². The van der Waals surface area contributed by atoms with Crippen molar-refractivity contribution in [1.29, 1.82) is 5.26 Å². The monoisotopic (exact) mass is 362 g/mol. The Kier molecular flexibility index (Phi) is 3.00. The maximum atomic E-state index is 12.8. The van der Waals surface area contributed by atoms with E-state index in [9.17, 15) is 19.7 Å². The number of carbonyl (C=O) groups is 2. The molecule has 4 aliphatic rings. The van der Waals surface area contributed by atoms with Crippen LogP contribution in [0.4, 0.5) is 5.69 Å². The number of rotatable bonds is 3. The van der Waals surface area contributed by atoms with Crippen LogP contribution in [0.25, 0.3) is 0 Å². The van der Waals surface area contributed by atoms with Gasteiger partial charge in [-0.1, -0.05) is 12.2 Å². The van der Waals surface area contributed by atoms with Crippen LogP contribution in [0.1, 0.15) is 24.0 Å². The second-order valence-electron chi connectivity index (χ2n) is 7.60. The quantitative estimate of drug-likeness (QED) is 0.268. The lowest BCUT2D eigenvalue weighted by Crippen LogP contribution is -2.30. The molecule has 0 N–H and O–H groups in total. The van der Waals surface area contributed by atoms with Gasteiger partial charge in [-0.2, -0.15) is 15.4 Å². The predicted molar refractivity (Wildman–Crippen MR) is 92.0 cm³/mol. The van der Waals surface area contributed by atoms with Crippen molar-refractivity contribution < 1.29 is 14.5 Å². The summed E-state index contributed by atoms with van der Waals surface area (Å²) < 4.78 is 0. The zero-order valence-electron chi connectivity index (χ0n) is 14.1. The topological polar surface area (TPSA) is 117 Å². The molecule has 1 aliphatic heterocycles. The van der Waals surface area contributed by atoms with E-state index in [4.69, 9.17) is 5.26 Å². The number of nitro benzene ring substituents is 1. The number of hydrogen-bond acceptors (Lipinski definition) is 6. The molecule has 2 bridgehead atoms. The van der Waals surface area contributed by atoms with Crippen LogP contribution >= 0.6 is 0 Å². The first-order valence-corrected chi connectivity index (χ1v) is 8.76. The van der Waals surface area contributed by atoms with Crippen LogP contribution in [0, 0.1) is 50.5 Å². The molecule has 2 amide bonds. The summed E-state index contributed by atoms with van der Waals surface area (Å²) in [5, 5.41) is 25.0. The summed E-state index contributed by atoms with van der Waals surface area (Å²) >= 11 is 0. The summed E-state index contributed by atoms with van der Waals surface area (Å²) in [5.74, 6) is -1.14. The van der Waals surface area contributed by atoms with Crippen LogP contribution in [0.3, 0.4) is 0 Å². The molecular weight excluding hydrogens is 348 g/mol. The normalized spacial score (nSPS) is 31.7. The van der Waals surface area contributed by atoms with Gasteiger partial charge in [0.05, 0.1) is 40.2 Å². The Hall–Kier alpha value is -3.34. The molecular formula is C19H14N4O4. The van der Waals surface area contributed by atoms with Crippen LogP contribution in [-0.2, 0) is 9.59 Å². The Bertz CT molecular complexity index is 983. The molecule has 1 saturated heterocycles. The van der Waals surface area contributed by atoms with Crippen molar-refractivity contribution in [3.63, 3.8) is 0 Å². The van der Waals surface area contributed by atoms with E-state index in [-0.39, 0.29) is 57.7 Å². The molecule has 1 aromatic rings. The minimum Gasteiger partial charge on any atom is -0.272 e. The fourth-order valence-electron chi connectivity index (χ4n) is 5.18. The molecule has 1 aromatic carbocycles. The first kappa shape index (κ1) is 15.9. The van der Waals surface area contributed by atoms with Gasteiger partial charge in [0.25, 0.3) is 17.5 Å². The number of hydrazone groups is 1. The Labute approximate surface area is 153 Å². The largest absolute Gasteiger partial charge is 0.279 e. The molecule has 0 unspecified atom stereocenters. The van der Waals surface area contributed by atoms with Gasteiger partial charge in [-0.25, -0.2) is 0 Å². The minimum absolute atomic E-state index is 0.105. The number of benzene rings is 1. The van der Waals surface area contributed by atoms with Crippen molar-refractivity contribution in [2.24, 2.45) is 34.2 Å². The number of imide groups is 1. The smallest absolute Gasteiger partial charge is 0.272 e. The molecule has 5 rings (SSSR count). The molecule has 134 valence electrons. The first-order chi connectivity index (χ1) is 13.0. The number of hydrogen-bond donors (Lipinski definition) is 0. The maximum absolute atomic E-state index is 12.8. The van der Waals surface area contributed by atoms with Crippen molar-refractivity contribution in [3.05, 3.63) is 51.6 Å². The average molecular weight is 362 g/mol. The lowest BCUT2D eigenvalue weighted by molar-refractivity contribution is -0.385. The van der Waals surface area contributed by atoms with Crippen LogP contribution in [0.2, 0.25) is 0 Å². The summed E-state index contributed by atoms with van der Waals surface area (Å²) in [5.41, 5.74) is 0.105. The molecule has 0 aromatic heterocycles. The number of nitriles is 1.